The molecule has 0 saturated carbocycles. The zero-order valence-electron chi connectivity index (χ0n) is 18.4. The highest BCUT2D eigenvalue weighted by molar-refractivity contribution is 7.23. The van der Waals surface area contributed by atoms with Crippen molar-refractivity contribution < 1.29 is 14.7 Å². The van der Waals surface area contributed by atoms with Crippen LogP contribution in [0.1, 0.15) is 40.0 Å². The van der Waals surface area contributed by atoms with E-state index in [9.17, 15) is 14.7 Å². The Hall–Kier alpha value is -3.07. The molecule has 1 aliphatic heterocycles. The highest BCUT2D eigenvalue weighted by atomic mass is 32.1. The van der Waals surface area contributed by atoms with E-state index in [4.69, 9.17) is 4.98 Å². The molecule has 3 N–H and O–H groups in total. The van der Waals surface area contributed by atoms with Gasteiger partial charge in [0.25, 0.3) is 5.91 Å². The first kappa shape index (κ1) is 21.8. The summed E-state index contributed by atoms with van der Waals surface area (Å²) in [6, 6.07) is 13.2. The minimum Gasteiger partial charge on any atom is -0.392 e. The summed E-state index contributed by atoms with van der Waals surface area (Å²) in [5.74, 6) is 0.189. The number of carbonyl (C=O) groups excluding carboxylic acids is 2. The third kappa shape index (κ3) is 4.29. The van der Waals surface area contributed by atoms with Gasteiger partial charge in [-0.1, -0.05) is 23.5 Å². The van der Waals surface area contributed by atoms with E-state index in [1.165, 1.54) is 0 Å². The second-order valence-electron chi connectivity index (χ2n) is 8.50. The van der Waals surface area contributed by atoms with Crippen LogP contribution in [0.4, 0.5) is 0 Å². The summed E-state index contributed by atoms with van der Waals surface area (Å²) < 4.78 is 3.06. The van der Waals surface area contributed by atoms with Crippen LogP contribution >= 0.6 is 11.3 Å². The van der Waals surface area contributed by atoms with Gasteiger partial charge in [-0.3, -0.25) is 14.0 Å². The second-order valence-corrected chi connectivity index (χ2v) is 9.51. The first-order valence-corrected chi connectivity index (χ1v) is 12.0. The second kappa shape index (κ2) is 9.05. The zero-order chi connectivity index (χ0) is 22.9. The lowest BCUT2D eigenvalue weighted by molar-refractivity contribution is 0.0723. The molecular weight excluding hydrogens is 436 g/mol. The number of rotatable bonds is 6. The van der Waals surface area contributed by atoms with Gasteiger partial charge in [-0.2, -0.15) is 0 Å². The third-order valence-electron chi connectivity index (χ3n) is 6.42. The molecule has 170 valence electrons. The quantitative estimate of drug-likeness (QED) is 0.381. The standard InChI is InChI=1S/C25H26N4O3S/c1-26-24(32)17-4-2-15(3-5-17)19-14-29-20-8-6-18(12-23(20)33-25(29)28-19)21(30)9-7-16-10-11-27-13-22(16)31/h2-6,8,12,14,16,22,27,31H,7,9-11,13H2,1H3,(H,26,32)/t16-,22-/m0/s1. The number of aliphatic hydroxyl groups is 1. The monoisotopic (exact) mass is 462 g/mol. The van der Waals surface area contributed by atoms with Crippen molar-refractivity contribution in [3.63, 3.8) is 0 Å². The number of piperidine rings is 1. The molecule has 5 rings (SSSR count). The number of hydrogen-bond donors (Lipinski definition) is 3. The molecule has 0 spiro atoms. The summed E-state index contributed by atoms with van der Waals surface area (Å²) in [5.41, 5.74) is 4.12. The summed E-state index contributed by atoms with van der Waals surface area (Å²) in [4.78, 5) is 30.2. The van der Waals surface area contributed by atoms with Crippen molar-refractivity contribution in [2.24, 2.45) is 5.92 Å². The number of ketones is 1. The smallest absolute Gasteiger partial charge is 0.251 e. The Balaban J connectivity index is 1.34. The maximum Gasteiger partial charge on any atom is 0.251 e. The predicted octanol–water partition coefficient (Wildman–Crippen LogP) is 3.51. The van der Waals surface area contributed by atoms with Crippen molar-refractivity contribution in [2.45, 2.75) is 25.4 Å². The van der Waals surface area contributed by atoms with Crippen LogP contribution in [-0.2, 0) is 0 Å². The molecule has 1 saturated heterocycles. The van der Waals surface area contributed by atoms with Crippen LogP contribution in [0.15, 0.2) is 48.7 Å². The van der Waals surface area contributed by atoms with Crippen LogP contribution in [0.25, 0.3) is 26.4 Å². The molecule has 4 aromatic rings. The van der Waals surface area contributed by atoms with E-state index in [1.807, 2.05) is 40.9 Å². The van der Waals surface area contributed by atoms with Gasteiger partial charge in [0.15, 0.2) is 10.7 Å². The van der Waals surface area contributed by atoms with Crippen molar-refractivity contribution in [3.8, 4) is 11.3 Å². The van der Waals surface area contributed by atoms with Gasteiger partial charge in [0.05, 0.1) is 22.0 Å². The van der Waals surface area contributed by atoms with Crippen LogP contribution in [0, 0.1) is 5.92 Å². The SMILES string of the molecule is CNC(=O)c1ccc(-c2cn3c(n2)sc2cc(C(=O)CC[C@H]4CCNC[C@@H]4O)ccc23)cc1. The molecular formula is C25H26N4O3S. The van der Waals surface area contributed by atoms with Crippen LogP contribution in [0.3, 0.4) is 0 Å². The fourth-order valence-electron chi connectivity index (χ4n) is 4.44. The van der Waals surface area contributed by atoms with Crippen LogP contribution in [0.5, 0.6) is 0 Å². The summed E-state index contributed by atoms with van der Waals surface area (Å²) >= 11 is 1.55. The molecule has 0 bridgehead atoms. The molecule has 8 heteroatoms. The molecule has 1 aliphatic rings. The normalized spacial score (nSPS) is 18.6. The molecule has 33 heavy (non-hydrogen) atoms. The lowest BCUT2D eigenvalue weighted by Crippen LogP contribution is -2.40. The number of aliphatic hydroxyl groups excluding tert-OH is 1. The molecule has 2 atom stereocenters. The van der Waals surface area contributed by atoms with Crippen molar-refractivity contribution in [3.05, 3.63) is 59.8 Å². The van der Waals surface area contributed by atoms with Crippen molar-refractivity contribution in [2.75, 3.05) is 20.1 Å². The topological polar surface area (TPSA) is 95.7 Å². The molecule has 0 aliphatic carbocycles. The van der Waals surface area contributed by atoms with E-state index in [0.717, 1.165) is 45.8 Å². The van der Waals surface area contributed by atoms with Gasteiger partial charge in [-0.25, -0.2) is 4.98 Å². The summed E-state index contributed by atoms with van der Waals surface area (Å²) in [7, 11) is 1.61. The number of imidazole rings is 1. The number of thiazole rings is 1. The van der Waals surface area contributed by atoms with E-state index in [0.29, 0.717) is 24.1 Å². The van der Waals surface area contributed by atoms with Crippen molar-refractivity contribution in [1.82, 2.24) is 20.0 Å². The Kier molecular flexibility index (Phi) is 5.97. The first-order valence-electron chi connectivity index (χ1n) is 11.2. The molecule has 3 heterocycles. The van der Waals surface area contributed by atoms with Gasteiger partial charge in [0, 0.05) is 42.9 Å². The largest absolute Gasteiger partial charge is 0.392 e. The zero-order valence-corrected chi connectivity index (χ0v) is 19.2. The number of Topliss-reactive ketones (excluding diaryl/α,β-unsaturated/α-hetero) is 1. The number of nitrogens with zero attached hydrogens (tertiary/aromatic N) is 2. The maximum absolute atomic E-state index is 12.8. The Morgan fingerprint density at radius 1 is 1.21 bits per heavy atom. The minimum absolute atomic E-state index is 0.115. The van der Waals surface area contributed by atoms with Gasteiger partial charge < -0.3 is 15.7 Å². The highest BCUT2D eigenvalue weighted by Gasteiger charge is 2.23. The number of nitrogens with one attached hydrogen (secondary N) is 2. The number of fused-ring (bicyclic) bond motifs is 3. The average Bonchev–Trinajstić information content (AvgIpc) is 3.40. The lowest BCUT2D eigenvalue weighted by atomic mass is 9.89. The van der Waals surface area contributed by atoms with Gasteiger partial charge in [0.2, 0.25) is 0 Å². The summed E-state index contributed by atoms with van der Waals surface area (Å²) in [6.07, 6.45) is 3.70. The maximum atomic E-state index is 12.8. The third-order valence-corrected chi connectivity index (χ3v) is 7.44. The van der Waals surface area contributed by atoms with E-state index in [1.54, 1.807) is 30.5 Å². The van der Waals surface area contributed by atoms with Gasteiger partial charge in [0.1, 0.15) is 0 Å². The average molecular weight is 463 g/mol. The molecule has 0 radical (unpaired) electrons. The molecule has 0 unspecified atom stereocenters. The number of β-amino-alcohol motifs (C(OH)–C–C–N with tert-alkyl or cyclic N) is 1. The Bertz CT molecular complexity index is 1320. The van der Waals surface area contributed by atoms with E-state index in [2.05, 4.69) is 10.6 Å². The minimum atomic E-state index is -0.367. The summed E-state index contributed by atoms with van der Waals surface area (Å²) in [5, 5.41) is 15.9. The number of benzene rings is 2. The molecule has 7 nitrogen and oxygen atoms in total. The molecule has 2 aromatic heterocycles. The predicted molar refractivity (Wildman–Crippen MR) is 130 cm³/mol. The van der Waals surface area contributed by atoms with E-state index >= 15 is 0 Å². The first-order chi connectivity index (χ1) is 16.0. The number of aromatic nitrogens is 2. The summed E-state index contributed by atoms with van der Waals surface area (Å²) in [6.45, 7) is 1.51. The van der Waals surface area contributed by atoms with Gasteiger partial charge in [-0.15, -0.1) is 0 Å². The van der Waals surface area contributed by atoms with Crippen LogP contribution < -0.4 is 10.6 Å². The highest BCUT2D eigenvalue weighted by Crippen LogP contribution is 2.31. The lowest BCUT2D eigenvalue weighted by Gasteiger charge is -2.28. The number of amides is 1. The number of carbonyl (C=O) groups is 2. The Morgan fingerprint density at radius 3 is 2.76 bits per heavy atom. The Labute approximate surface area is 195 Å². The molecule has 1 fully saturated rings. The Morgan fingerprint density at radius 2 is 2.00 bits per heavy atom. The van der Waals surface area contributed by atoms with Crippen LogP contribution in [0.2, 0.25) is 0 Å². The van der Waals surface area contributed by atoms with E-state index in [-0.39, 0.29) is 23.7 Å². The van der Waals surface area contributed by atoms with Gasteiger partial charge in [-0.05, 0) is 55.6 Å². The molecule has 1 amide bonds. The molecule has 2 aromatic carbocycles. The van der Waals surface area contributed by atoms with Crippen LogP contribution in [-0.4, -0.2) is 52.4 Å². The van der Waals surface area contributed by atoms with Crippen molar-refractivity contribution in [1.29, 1.82) is 0 Å². The van der Waals surface area contributed by atoms with Gasteiger partial charge >= 0.3 is 0 Å². The fourth-order valence-corrected chi connectivity index (χ4v) is 5.49. The number of hydrogen-bond acceptors (Lipinski definition) is 6. The van der Waals surface area contributed by atoms with E-state index < -0.39 is 0 Å². The fraction of sp³-hybridized carbons (Fsp3) is 0.320. The van der Waals surface area contributed by atoms with Crippen molar-refractivity contribution >= 4 is 38.2 Å².